The maximum absolute atomic E-state index is 12.3. The zero-order chi connectivity index (χ0) is 13.9. The second-order valence-electron chi connectivity index (χ2n) is 4.93. The van der Waals surface area contributed by atoms with E-state index in [1.165, 1.54) is 0 Å². The van der Waals surface area contributed by atoms with Crippen LogP contribution in [0.5, 0.6) is 0 Å². The number of H-pyrrole nitrogens is 1. The first-order chi connectivity index (χ1) is 9.75. The van der Waals surface area contributed by atoms with E-state index in [0.717, 1.165) is 24.0 Å². The lowest BCUT2D eigenvalue weighted by atomic mass is 10.2. The van der Waals surface area contributed by atoms with Gasteiger partial charge in [-0.2, -0.15) is 5.10 Å². The summed E-state index contributed by atoms with van der Waals surface area (Å²) in [5, 5.41) is 10.9. The molecule has 6 heteroatoms. The summed E-state index contributed by atoms with van der Waals surface area (Å²) in [4.78, 5) is 14.4. The summed E-state index contributed by atoms with van der Waals surface area (Å²) in [7, 11) is 0. The molecule has 1 aliphatic heterocycles. The van der Waals surface area contributed by atoms with Crippen molar-refractivity contribution in [1.82, 2.24) is 15.1 Å². The topological polar surface area (TPSA) is 70.2 Å². The highest BCUT2D eigenvalue weighted by Crippen LogP contribution is 2.20. The van der Waals surface area contributed by atoms with E-state index in [1.807, 2.05) is 31.2 Å². The molecule has 1 saturated heterocycles. The lowest BCUT2D eigenvalue weighted by Crippen LogP contribution is -2.47. The molecule has 2 N–H and O–H groups in total. The first kappa shape index (κ1) is 13.1. The van der Waals surface area contributed by atoms with Crippen molar-refractivity contribution in [3.63, 3.8) is 0 Å². The molecule has 106 valence electrons. The van der Waals surface area contributed by atoms with Crippen LogP contribution in [0.2, 0.25) is 0 Å². The molecule has 0 saturated carbocycles. The Morgan fingerprint density at radius 3 is 2.95 bits per heavy atom. The van der Waals surface area contributed by atoms with Crippen LogP contribution in [-0.2, 0) is 9.53 Å². The fraction of sp³-hybridized carbons (Fsp3) is 0.429. The van der Waals surface area contributed by atoms with Gasteiger partial charge in [0.1, 0.15) is 0 Å². The zero-order valence-corrected chi connectivity index (χ0v) is 11.4. The number of rotatable bonds is 3. The van der Waals surface area contributed by atoms with Gasteiger partial charge in [0.2, 0.25) is 5.91 Å². The lowest BCUT2D eigenvalue weighted by Gasteiger charge is -2.31. The molecule has 1 fully saturated rings. The first-order valence-electron chi connectivity index (χ1n) is 6.81. The Labute approximate surface area is 117 Å². The number of anilines is 1. The number of aromatic amines is 1. The van der Waals surface area contributed by atoms with Gasteiger partial charge < -0.3 is 10.1 Å². The average molecular weight is 274 g/mol. The largest absolute Gasteiger partial charge is 0.379 e. The molecule has 0 spiro atoms. The third-order valence-electron chi connectivity index (χ3n) is 3.68. The Kier molecular flexibility index (Phi) is 3.66. The molecule has 1 aromatic heterocycles. The molecule has 2 heterocycles. The van der Waals surface area contributed by atoms with Crippen LogP contribution in [0, 0.1) is 0 Å². The molecule has 1 amide bonds. The van der Waals surface area contributed by atoms with Gasteiger partial charge in [-0.15, -0.1) is 0 Å². The van der Waals surface area contributed by atoms with Crippen LogP contribution in [0.3, 0.4) is 0 Å². The fourth-order valence-corrected chi connectivity index (χ4v) is 2.41. The van der Waals surface area contributed by atoms with E-state index in [1.54, 1.807) is 0 Å². The van der Waals surface area contributed by atoms with Crippen LogP contribution in [0.25, 0.3) is 10.9 Å². The minimum atomic E-state index is -0.186. The van der Waals surface area contributed by atoms with E-state index < -0.39 is 0 Å². The van der Waals surface area contributed by atoms with Crippen LogP contribution in [0.4, 0.5) is 5.82 Å². The summed E-state index contributed by atoms with van der Waals surface area (Å²) in [6.45, 7) is 4.85. The first-order valence-corrected chi connectivity index (χ1v) is 6.81. The van der Waals surface area contributed by atoms with Crippen molar-refractivity contribution in [2.45, 2.75) is 13.0 Å². The van der Waals surface area contributed by atoms with E-state index in [-0.39, 0.29) is 11.9 Å². The number of fused-ring (bicyclic) bond motifs is 1. The number of amides is 1. The van der Waals surface area contributed by atoms with Crippen LogP contribution in [0.15, 0.2) is 24.3 Å². The summed E-state index contributed by atoms with van der Waals surface area (Å²) in [5.74, 6) is 0.551. The molecule has 0 aliphatic carbocycles. The van der Waals surface area contributed by atoms with Crippen molar-refractivity contribution in [2.24, 2.45) is 0 Å². The van der Waals surface area contributed by atoms with Crippen LogP contribution in [0.1, 0.15) is 6.92 Å². The average Bonchev–Trinajstić information content (AvgIpc) is 2.91. The van der Waals surface area contributed by atoms with Gasteiger partial charge in [-0.05, 0) is 19.1 Å². The van der Waals surface area contributed by atoms with Crippen molar-refractivity contribution in [1.29, 1.82) is 0 Å². The van der Waals surface area contributed by atoms with E-state index >= 15 is 0 Å². The number of carbonyl (C=O) groups is 1. The van der Waals surface area contributed by atoms with Crippen molar-refractivity contribution < 1.29 is 9.53 Å². The maximum atomic E-state index is 12.3. The molecule has 6 nitrogen and oxygen atoms in total. The number of carbonyl (C=O) groups excluding carboxylic acids is 1. The minimum absolute atomic E-state index is 0.0378. The monoisotopic (exact) mass is 274 g/mol. The number of aromatic nitrogens is 2. The third-order valence-corrected chi connectivity index (χ3v) is 3.68. The highest BCUT2D eigenvalue weighted by molar-refractivity contribution is 6.01. The van der Waals surface area contributed by atoms with Gasteiger partial charge in [0, 0.05) is 18.5 Å². The Morgan fingerprint density at radius 2 is 2.15 bits per heavy atom. The summed E-state index contributed by atoms with van der Waals surface area (Å²) < 4.78 is 5.30. The van der Waals surface area contributed by atoms with E-state index in [4.69, 9.17) is 4.74 Å². The highest BCUT2D eigenvalue weighted by atomic mass is 16.5. The van der Waals surface area contributed by atoms with Crippen LogP contribution in [-0.4, -0.2) is 53.3 Å². The Hall–Kier alpha value is -1.92. The smallest absolute Gasteiger partial charge is 0.242 e. The van der Waals surface area contributed by atoms with Gasteiger partial charge >= 0.3 is 0 Å². The molecular weight excluding hydrogens is 256 g/mol. The molecular formula is C14H18N4O2. The SMILES string of the molecule is CC(C(=O)Nc1n[nH]c2ccccc12)N1CCOCC1. The molecule has 2 aromatic rings. The molecule has 3 rings (SSSR count). The number of para-hydroxylation sites is 1. The Balaban J connectivity index is 1.71. The summed E-state index contributed by atoms with van der Waals surface area (Å²) >= 11 is 0. The van der Waals surface area contributed by atoms with E-state index in [9.17, 15) is 4.79 Å². The second-order valence-corrected chi connectivity index (χ2v) is 4.93. The molecule has 1 aromatic carbocycles. The zero-order valence-electron chi connectivity index (χ0n) is 11.4. The van der Waals surface area contributed by atoms with Crippen molar-refractivity contribution >= 4 is 22.6 Å². The summed E-state index contributed by atoms with van der Waals surface area (Å²) in [6.07, 6.45) is 0. The molecule has 0 bridgehead atoms. The predicted molar refractivity (Wildman–Crippen MR) is 76.6 cm³/mol. The third kappa shape index (κ3) is 2.52. The van der Waals surface area contributed by atoms with Gasteiger partial charge in [-0.3, -0.25) is 14.8 Å². The van der Waals surface area contributed by atoms with Gasteiger partial charge in [-0.1, -0.05) is 12.1 Å². The predicted octanol–water partition coefficient (Wildman–Crippen LogP) is 1.22. The number of morpholine rings is 1. The number of benzene rings is 1. The summed E-state index contributed by atoms with van der Waals surface area (Å²) in [5.41, 5.74) is 0.918. The number of ether oxygens (including phenoxy) is 1. The molecule has 0 radical (unpaired) electrons. The lowest BCUT2D eigenvalue weighted by molar-refractivity contribution is -0.122. The minimum Gasteiger partial charge on any atom is -0.379 e. The normalized spacial score (nSPS) is 18.1. The Bertz CT molecular complexity index is 604. The highest BCUT2D eigenvalue weighted by Gasteiger charge is 2.24. The number of hydrogen-bond acceptors (Lipinski definition) is 4. The van der Waals surface area contributed by atoms with Gasteiger partial charge in [0.15, 0.2) is 5.82 Å². The van der Waals surface area contributed by atoms with E-state index in [2.05, 4.69) is 20.4 Å². The van der Waals surface area contributed by atoms with Gasteiger partial charge in [0.05, 0.1) is 24.8 Å². The number of nitrogens with zero attached hydrogens (tertiary/aromatic N) is 2. The quantitative estimate of drug-likeness (QED) is 0.883. The fourth-order valence-electron chi connectivity index (χ4n) is 2.41. The molecule has 1 aliphatic rings. The summed E-state index contributed by atoms with van der Waals surface area (Å²) in [6, 6.07) is 7.55. The van der Waals surface area contributed by atoms with Crippen LogP contribution < -0.4 is 5.32 Å². The van der Waals surface area contributed by atoms with Gasteiger partial charge in [0.25, 0.3) is 0 Å². The molecule has 1 atom stereocenters. The number of hydrogen-bond donors (Lipinski definition) is 2. The van der Waals surface area contributed by atoms with Crippen LogP contribution >= 0.6 is 0 Å². The molecule has 20 heavy (non-hydrogen) atoms. The maximum Gasteiger partial charge on any atom is 0.242 e. The Morgan fingerprint density at radius 1 is 1.40 bits per heavy atom. The molecule has 1 unspecified atom stereocenters. The van der Waals surface area contributed by atoms with Crippen molar-refractivity contribution in [2.75, 3.05) is 31.6 Å². The van der Waals surface area contributed by atoms with Gasteiger partial charge in [-0.25, -0.2) is 0 Å². The van der Waals surface area contributed by atoms with E-state index in [0.29, 0.717) is 19.0 Å². The standard InChI is InChI=1S/C14H18N4O2/c1-10(18-6-8-20-9-7-18)14(19)15-13-11-4-2-3-5-12(11)16-17-13/h2-5,10H,6-9H2,1H3,(H2,15,16,17,19). The van der Waals surface area contributed by atoms with Crippen molar-refractivity contribution in [3.8, 4) is 0 Å². The number of nitrogens with one attached hydrogen (secondary N) is 2. The van der Waals surface area contributed by atoms with Crippen molar-refractivity contribution in [3.05, 3.63) is 24.3 Å². The second kappa shape index (κ2) is 5.60.